The highest BCUT2D eigenvalue weighted by Gasteiger charge is 2.36. The zero-order valence-corrected chi connectivity index (χ0v) is 20.3. The van der Waals surface area contributed by atoms with Crippen LogP contribution in [0.2, 0.25) is 0 Å². The van der Waals surface area contributed by atoms with Crippen LogP contribution in [0, 0.1) is 18.3 Å². The van der Waals surface area contributed by atoms with Gasteiger partial charge in [0.05, 0.1) is 30.1 Å². The third-order valence-electron chi connectivity index (χ3n) is 6.57. The van der Waals surface area contributed by atoms with E-state index in [1.807, 2.05) is 37.7 Å². The zero-order chi connectivity index (χ0) is 25.4. The van der Waals surface area contributed by atoms with Crippen molar-refractivity contribution < 1.29 is 5.11 Å². The molecule has 0 amide bonds. The van der Waals surface area contributed by atoms with Gasteiger partial charge in [0.15, 0.2) is 0 Å². The van der Waals surface area contributed by atoms with Gasteiger partial charge in [0.1, 0.15) is 17.6 Å². The van der Waals surface area contributed by atoms with E-state index < -0.39 is 5.41 Å². The molecule has 0 saturated heterocycles. The van der Waals surface area contributed by atoms with Crippen LogP contribution in [0.4, 0.5) is 17.3 Å². The van der Waals surface area contributed by atoms with Crippen LogP contribution in [-0.2, 0) is 19.0 Å². The van der Waals surface area contributed by atoms with Gasteiger partial charge in [-0.3, -0.25) is 4.79 Å². The molecule has 0 radical (unpaired) electrons. The number of rotatable bonds is 6. The summed E-state index contributed by atoms with van der Waals surface area (Å²) in [6, 6.07) is 9.47. The van der Waals surface area contributed by atoms with E-state index in [0.717, 1.165) is 28.2 Å². The van der Waals surface area contributed by atoms with Gasteiger partial charge in [-0.2, -0.15) is 5.26 Å². The lowest BCUT2D eigenvalue weighted by atomic mass is 9.83. The van der Waals surface area contributed by atoms with Crippen molar-refractivity contribution in [1.29, 1.82) is 5.26 Å². The first-order valence-corrected chi connectivity index (χ1v) is 11.5. The van der Waals surface area contributed by atoms with Crippen molar-refractivity contribution >= 4 is 17.3 Å². The number of aryl methyl sites for hydroxylation is 2. The standard InChI is InChI=1S/C26H26N8O2/c1-16-8-21(24(36)34(12-16)13-22-28-6-7-33(22)3)32-25-29-5-4-20(31-25)17-9-18(11-27)23-19(10-17)26(2,15-35)14-30-23/h4-10,12,30,35H,13-15H2,1-3H3,(H,29,31,32)/t26-/m1/s1. The molecule has 10 heteroatoms. The first-order valence-electron chi connectivity index (χ1n) is 11.5. The molecule has 3 aromatic heterocycles. The van der Waals surface area contributed by atoms with Crippen molar-refractivity contribution in [1.82, 2.24) is 24.1 Å². The highest BCUT2D eigenvalue weighted by atomic mass is 16.3. The molecular weight excluding hydrogens is 456 g/mol. The lowest BCUT2D eigenvalue weighted by Gasteiger charge is -2.21. The van der Waals surface area contributed by atoms with Gasteiger partial charge in [-0.05, 0) is 42.3 Å². The Labute approximate surface area is 207 Å². The van der Waals surface area contributed by atoms with Gasteiger partial charge in [0.25, 0.3) is 5.56 Å². The minimum absolute atomic E-state index is 0.0458. The Morgan fingerprint density at radius 1 is 1.28 bits per heavy atom. The summed E-state index contributed by atoms with van der Waals surface area (Å²) in [6.07, 6.45) is 6.93. The van der Waals surface area contributed by atoms with Crippen LogP contribution < -0.4 is 16.2 Å². The second-order valence-corrected chi connectivity index (χ2v) is 9.34. The van der Waals surface area contributed by atoms with Crippen LogP contribution >= 0.6 is 0 Å². The first kappa shape index (κ1) is 23.3. The molecule has 3 N–H and O–H groups in total. The number of anilines is 3. The number of fused-ring (bicyclic) bond motifs is 1. The average molecular weight is 483 g/mol. The van der Waals surface area contributed by atoms with Crippen molar-refractivity contribution in [2.45, 2.75) is 25.8 Å². The molecule has 4 heterocycles. The molecule has 182 valence electrons. The number of aliphatic hydroxyl groups is 1. The fourth-order valence-corrected chi connectivity index (χ4v) is 4.46. The van der Waals surface area contributed by atoms with Crippen molar-refractivity contribution in [3.05, 3.63) is 81.9 Å². The topological polar surface area (TPSA) is 134 Å². The smallest absolute Gasteiger partial charge is 0.274 e. The summed E-state index contributed by atoms with van der Waals surface area (Å²) in [7, 11) is 1.89. The zero-order valence-electron chi connectivity index (χ0n) is 20.3. The highest BCUT2D eigenvalue weighted by molar-refractivity contribution is 5.76. The van der Waals surface area contributed by atoms with E-state index in [4.69, 9.17) is 0 Å². The summed E-state index contributed by atoms with van der Waals surface area (Å²) in [4.78, 5) is 26.4. The summed E-state index contributed by atoms with van der Waals surface area (Å²) < 4.78 is 3.48. The largest absolute Gasteiger partial charge is 0.395 e. The summed E-state index contributed by atoms with van der Waals surface area (Å²) in [5.74, 6) is 1.03. The minimum Gasteiger partial charge on any atom is -0.395 e. The summed E-state index contributed by atoms with van der Waals surface area (Å²) in [6.45, 7) is 4.71. The normalized spacial score (nSPS) is 16.3. The predicted molar refractivity (Wildman–Crippen MR) is 136 cm³/mol. The van der Waals surface area contributed by atoms with E-state index >= 15 is 0 Å². The average Bonchev–Trinajstić information content (AvgIpc) is 3.44. The molecule has 1 aliphatic heterocycles. The Kier molecular flexibility index (Phi) is 5.78. The lowest BCUT2D eigenvalue weighted by molar-refractivity contribution is 0.219. The maximum atomic E-state index is 13.2. The monoisotopic (exact) mass is 482 g/mol. The number of aliphatic hydroxyl groups excluding tert-OH is 1. The van der Waals surface area contributed by atoms with Crippen LogP contribution in [-0.4, -0.2) is 42.3 Å². The third-order valence-corrected chi connectivity index (χ3v) is 6.57. The van der Waals surface area contributed by atoms with Gasteiger partial charge >= 0.3 is 0 Å². The maximum absolute atomic E-state index is 13.2. The number of hydrogen-bond donors (Lipinski definition) is 3. The molecular formula is C26H26N8O2. The van der Waals surface area contributed by atoms with E-state index in [-0.39, 0.29) is 18.1 Å². The summed E-state index contributed by atoms with van der Waals surface area (Å²) in [5.41, 5.74) is 3.98. The number of aromatic nitrogens is 5. The van der Waals surface area contributed by atoms with Gasteiger partial charge in [-0.1, -0.05) is 6.92 Å². The van der Waals surface area contributed by atoms with Gasteiger partial charge < -0.3 is 24.9 Å². The fourth-order valence-electron chi connectivity index (χ4n) is 4.46. The molecule has 0 saturated carbocycles. The Balaban J connectivity index is 1.50. The Morgan fingerprint density at radius 3 is 2.83 bits per heavy atom. The highest BCUT2D eigenvalue weighted by Crippen LogP contribution is 2.41. The Hall–Kier alpha value is -4.49. The number of pyridine rings is 1. The second-order valence-electron chi connectivity index (χ2n) is 9.34. The Bertz CT molecular complexity index is 1570. The number of nitrogens with zero attached hydrogens (tertiary/aromatic N) is 6. The van der Waals surface area contributed by atoms with Crippen LogP contribution in [0.15, 0.2) is 53.8 Å². The predicted octanol–water partition coefficient (Wildman–Crippen LogP) is 2.69. The van der Waals surface area contributed by atoms with Crippen LogP contribution in [0.5, 0.6) is 0 Å². The van der Waals surface area contributed by atoms with Crippen LogP contribution in [0.1, 0.15) is 29.4 Å². The van der Waals surface area contributed by atoms with Gasteiger partial charge in [-0.25, -0.2) is 15.0 Å². The number of hydrogen-bond acceptors (Lipinski definition) is 8. The van der Waals surface area contributed by atoms with E-state index in [1.54, 1.807) is 41.4 Å². The number of nitriles is 1. The molecule has 1 atom stereocenters. The molecule has 4 aromatic rings. The Morgan fingerprint density at radius 2 is 2.11 bits per heavy atom. The molecule has 1 aliphatic rings. The molecule has 0 spiro atoms. The minimum atomic E-state index is -0.495. The molecule has 0 fully saturated rings. The maximum Gasteiger partial charge on any atom is 0.274 e. The summed E-state index contributed by atoms with van der Waals surface area (Å²) in [5, 5.41) is 26.0. The SMILES string of the molecule is Cc1cc(Nc2nccc(-c3cc(C#N)c4c(c3)[C@@](C)(CO)CN4)n2)c(=O)n(Cc2nccn2C)c1. The van der Waals surface area contributed by atoms with Crippen molar-refractivity contribution in [2.75, 3.05) is 23.8 Å². The molecule has 0 aliphatic carbocycles. The van der Waals surface area contributed by atoms with E-state index in [0.29, 0.717) is 30.0 Å². The van der Waals surface area contributed by atoms with E-state index in [2.05, 4.69) is 31.7 Å². The molecule has 36 heavy (non-hydrogen) atoms. The number of benzene rings is 1. The second kappa shape index (κ2) is 8.94. The van der Waals surface area contributed by atoms with Crippen LogP contribution in [0.3, 0.4) is 0 Å². The van der Waals surface area contributed by atoms with Crippen LogP contribution in [0.25, 0.3) is 11.3 Å². The molecule has 1 aromatic carbocycles. The molecule has 0 unspecified atom stereocenters. The van der Waals surface area contributed by atoms with E-state index in [1.165, 1.54) is 0 Å². The van der Waals surface area contributed by atoms with Gasteiger partial charge in [0, 0.05) is 49.4 Å². The third kappa shape index (κ3) is 4.10. The van der Waals surface area contributed by atoms with Gasteiger partial charge in [0.2, 0.25) is 5.95 Å². The molecule has 10 nitrogen and oxygen atoms in total. The number of imidazole rings is 1. The molecule has 5 rings (SSSR count). The van der Waals surface area contributed by atoms with Crippen molar-refractivity contribution in [3.63, 3.8) is 0 Å². The number of nitrogens with one attached hydrogen (secondary N) is 2. The summed E-state index contributed by atoms with van der Waals surface area (Å²) >= 11 is 0. The first-order chi connectivity index (χ1) is 17.3. The quantitative estimate of drug-likeness (QED) is 0.382. The van der Waals surface area contributed by atoms with Crippen molar-refractivity contribution in [3.8, 4) is 17.3 Å². The van der Waals surface area contributed by atoms with E-state index in [9.17, 15) is 15.2 Å². The lowest BCUT2D eigenvalue weighted by Crippen LogP contribution is -2.28. The van der Waals surface area contributed by atoms with Gasteiger partial charge in [-0.15, -0.1) is 0 Å². The molecule has 0 bridgehead atoms. The van der Waals surface area contributed by atoms with Crippen molar-refractivity contribution in [2.24, 2.45) is 7.05 Å². The fraction of sp³-hybridized carbons (Fsp3) is 0.269.